The van der Waals surface area contributed by atoms with Crippen LogP contribution >= 0.6 is 0 Å². The molecule has 0 spiro atoms. The summed E-state index contributed by atoms with van der Waals surface area (Å²) >= 11 is 0. The first-order valence-electron chi connectivity index (χ1n) is 6.61. The molecular formula is C15H23NO. The van der Waals surface area contributed by atoms with Gasteiger partial charge in [-0.05, 0) is 37.8 Å². The van der Waals surface area contributed by atoms with Crippen LogP contribution in [-0.2, 0) is 10.2 Å². The number of hydrogen-bond donors (Lipinski definition) is 0. The van der Waals surface area contributed by atoms with Crippen LogP contribution in [0.15, 0.2) is 18.2 Å². The largest absolute Gasteiger partial charge is 0.377 e. The molecule has 1 fully saturated rings. The maximum absolute atomic E-state index is 5.93. The van der Waals surface area contributed by atoms with Crippen LogP contribution in [0.5, 0.6) is 0 Å². The van der Waals surface area contributed by atoms with Crippen molar-refractivity contribution in [2.24, 2.45) is 5.92 Å². The van der Waals surface area contributed by atoms with Gasteiger partial charge in [0, 0.05) is 23.4 Å². The second-order valence-corrected chi connectivity index (χ2v) is 5.60. The van der Waals surface area contributed by atoms with Gasteiger partial charge >= 0.3 is 0 Å². The Kier molecular flexibility index (Phi) is 3.53. The maximum Gasteiger partial charge on any atom is 0.0687 e. The number of ether oxygens (including phenoxy) is 1. The number of pyridine rings is 1. The lowest BCUT2D eigenvalue weighted by Gasteiger charge is -2.38. The molecule has 2 nitrogen and oxygen atoms in total. The van der Waals surface area contributed by atoms with Crippen LogP contribution < -0.4 is 0 Å². The van der Waals surface area contributed by atoms with Crippen LogP contribution in [0.4, 0.5) is 0 Å². The zero-order valence-corrected chi connectivity index (χ0v) is 11.4. The molecule has 2 rings (SSSR count). The number of aromatic nitrogens is 1. The van der Waals surface area contributed by atoms with E-state index in [1.54, 1.807) is 0 Å². The van der Waals surface area contributed by atoms with Crippen molar-refractivity contribution in [1.29, 1.82) is 0 Å². The van der Waals surface area contributed by atoms with Crippen LogP contribution in [0.25, 0.3) is 0 Å². The van der Waals surface area contributed by atoms with E-state index in [2.05, 4.69) is 45.9 Å². The third-order valence-electron chi connectivity index (χ3n) is 4.24. The Morgan fingerprint density at radius 2 is 2.18 bits per heavy atom. The van der Waals surface area contributed by atoms with E-state index in [4.69, 9.17) is 9.72 Å². The molecule has 0 amide bonds. The summed E-state index contributed by atoms with van der Waals surface area (Å²) in [7, 11) is 0. The normalized spacial score (nSPS) is 23.9. The summed E-state index contributed by atoms with van der Waals surface area (Å²) in [5.74, 6) is 0.528. The van der Waals surface area contributed by atoms with Crippen LogP contribution in [0.1, 0.15) is 45.0 Å². The molecule has 0 bridgehead atoms. The smallest absolute Gasteiger partial charge is 0.0687 e. The molecule has 2 atom stereocenters. The average molecular weight is 233 g/mol. The second kappa shape index (κ2) is 4.77. The minimum atomic E-state index is 0.0303. The molecule has 2 heterocycles. The van der Waals surface area contributed by atoms with E-state index in [9.17, 15) is 0 Å². The van der Waals surface area contributed by atoms with Crippen molar-refractivity contribution >= 4 is 0 Å². The molecule has 0 aliphatic carbocycles. The highest BCUT2D eigenvalue weighted by Crippen LogP contribution is 2.40. The van der Waals surface area contributed by atoms with Crippen molar-refractivity contribution in [3.63, 3.8) is 0 Å². The fraction of sp³-hybridized carbons (Fsp3) is 0.667. The van der Waals surface area contributed by atoms with E-state index in [1.165, 1.54) is 12.1 Å². The van der Waals surface area contributed by atoms with Crippen LogP contribution in [-0.4, -0.2) is 17.7 Å². The Bertz CT molecular complexity index is 382. The van der Waals surface area contributed by atoms with Gasteiger partial charge < -0.3 is 4.74 Å². The Morgan fingerprint density at radius 3 is 2.71 bits per heavy atom. The highest BCUT2D eigenvalue weighted by Gasteiger charge is 2.42. The number of rotatable bonds is 3. The molecule has 17 heavy (non-hydrogen) atoms. The summed E-state index contributed by atoms with van der Waals surface area (Å²) in [5.41, 5.74) is 2.30. The van der Waals surface area contributed by atoms with Gasteiger partial charge in [0.25, 0.3) is 0 Å². The molecule has 94 valence electrons. The molecule has 1 aliphatic rings. The van der Waals surface area contributed by atoms with Gasteiger partial charge in [-0.2, -0.15) is 0 Å². The third kappa shape index (κ3) is 2.23. The molecule has 1 aromatic rings. The molecule has 0 aromatic carbocycles. The molecule has 0 N–H and O–H groups in total. The van der Waals surface area contributed by atoms with Crippen molar-refractivity contribution in [2.75, 3.05) is 6.61 Å². The fourth-order valence-electron chi connectivity index (χ4n) is 2.73. The standard InChI is InChI=1S/C15H23NO/c1-11(2)15(4,14-9-6-10-17-14)13-8-5-7-12(3)16-13/h5,7-8,11,14H,6,9-10H2,1-4H3. The first-order valence-corrected chi connectivity index (χ1v) is 6.61. The lowest BCUT2D eigenvalue weighted by atomic mass is 9.70. The van der Waals surface area contributed by atoms with Crippen LogP contribution in [0.3, 0.4) is 0 Å². The van der Waals surface area contributed by atoms with Gasteiger partial charge in [-0.1, -0.05) is 26.8 Å². The van der Waals surface area contributed by atoms with Gasteiger partial charge in [0.15, 0.2) is 0 Å². The minimum Gasteiger partial charge on any atom is -0.377 e. The molecule has 1 aliphatic heterocycles. The monoisotopic (exact) mass is 233 g/mol. The van der Waals surface area contributed by atoms with Gasteiger partial charge in [-0.25, -0.2) is 0 Å². The van der Waals surface area contributed by atoms with E-state index in [0.717, 1.165) is 18.7 Å². The highest BCUT2D eigenvalue weighted by molar-refractivity contribution is 5.22. The SMILES string of the molecule is Cc1cccc(C(C)(C(C)C)C2CCCO2)n1. The fourth-order valence-corrected chi connectivity index (χ4v) is 2.73. The molecule has 2 heteroatoms. The number of nitrogens with zero attached hydrogens (tertiary/aromatic N) is 1. The summed E-state index contributed by atoms with van der Waals surface area (Å²) < 4.78 is 5.93. The third-order valence-corrected chi connectivity index (χ3v) is 4.24. The van der Waals surface area contributed by atoms with Crippen molar-refractivity contribution < 1.29 is 4.74 Å². The molecule has 1 aromatic heterocycles. The predicted molar refractivity (Wildman–Crippen MR) is 70.1 cm³/mol. The molecular weight excluding hydrogens is 210 g/mol. The number of hydrogen-bond acceptors (Lipinski definition) is 2. The molecule has 2 unspecified atom stereocenters. The quantitative estimate of drug-likeness (QED) is 0.797. The topological polar surface area (TPSA) is 22.1 Å². The van der Waals surface area contributed by atoms with Crippen LogP contribution in [0.2, 0.25) is 0 Å². The first-order chi connectivity index (χ1) is 8.05. The zero-order valence-electron chi connectivity index (χ0n) is 11.4. The van der Waals surface area contributed by atoms with Gasteiger partial charge in [-0.3, -0.25) is 4.98 Å². The average Bonchev–Trinajstić information content (AvgIpc) is 2.81. The van der Waals surface area contributed by atoms with Crippen molar-refractivity contribution in [3.8, 4) is 0 Å². The Hall–Kier alpha value is -0.890. The van der Waals surface area contributed by atoms with Gasteiger partial charge in [0.2, 0.25) is 0 Å². The van der Waals surface area contributed by atoms with E-state index < -0.39 is 0 Å². The van der Waals surface area contributed by atoms with E-state index >= 15 is 0 Å². The van der Waals surface area contributed by atoms with E-state index in [1.807, 2.05) is 0 Å². The Labute approximate surface area is 104 Å². The predicted octanol–water partition coefficient (Wildman–Crippen LogP) is 3.48. The lowest BCUT2D eigenvalue weighted by molar-refractivity contribution is 0.0266. The minimum absolute atomic E-state index is 0.0303. The number of aryl methyl sites for hydroxylation is 1. The summed E-state index contributed by atoms with van der Waals surface area (Å²) in [5, 5.41) is 0. The zero-order chi connectivity index (χ0) is 12.5. The van der Waals surface area contributed by atoms with Crippen molar-refractivity contribution in [2.45, 2.75) is 52.1 Å². The van der Waals surface area contributed by atoms with Gasteiger partial charge in [-0.15, -0.1) is 0 Å². The van der Waals surface area contributed by atoms with Crippen LogP contribution in [0, 0.1) is 12.8 Å². The summed E-state index contributed by atoms with van der Waals surface area (Å²) in [6.45, 7) is 9.80. The maximum atomic E-state index is 5.93. The summed E-state index contributed by atoms with van der Waals surface area (Å²) in [6, 6.07) is 6.31. The van der Waals surface area contributed by atoms with Gasteiger partial charge in [0.05, 0.1) is 6.10 Å². The molecule has 0 saturated carbocycles. The molecule has 0 radical (unpaired) electrons. The lowest BCUT2D eigenvalue weighted by Crippen LogP contribution is -2.42. The Balaban J connectivity index is 2.39. The summed E-state index contributed by atoms with van der Waals surface area (Å²) in [4.78, 5) is 4.73. The first kappa shape index (κ1) is 12.6. The van der Waals surface area contributed by atoms with Gasteiger partial charge in [0.1, 0.15) is 0 Å². The highest BCUT2D eigenvalue weighted by atomic mass is 16.5. The Morgan fingerprint density at radius 1 is 1.41 bits per heavy atom. The molecule has 1 saturated heterocycles. The second-order valence-electron chi connectivity index (χ2n) is 5.60. The van der Waals surface area contributed by atoms with Crippen molar-refractivity contribution in [1.82, 2.24) is 4.98 Å². The van der Waals surface area contributed by atoms with E-state index in [-0.39, 0.29) is 5.41 Å². The van der Waals surface area contributed by atoms with Crippen molar-refractivity contribution in [3.05, 3.63) is 29.6 Å². The van der Waals surface area contributed by atoms with E-state index in [0.29, 0.717) is 12.0 Å². The summed E-state index contributed by atoms with van der Waals surface area (Å²) in [6.07, 6.45) is 2.65.